The van der Waals surface area contributed by atoms with Crippen LogP contribution in [0.25, 0.3) is 0 Å². The largest absolute Gasteiger partial charge is 0.481 e. The molecule has 0 aliphatic rings. The second-order valence-electron chi connectivity index (χ2n) is 4.49. The zero-order chi connectivity index (χ0) is 14.8. The number of carboxylic acid groups (broad SMARTS) is 1. The molecule has 0 fully saturated rings. The lowest BCUT2D eigenvalue weighted by molar-refractivity contribution is -0.141. The zero-order valence-corrected chi connectivity index (χ0v) is 13.3. The number of hydrogen-bond donors (Lipinski definition) is 1. The quantitative estimate of drug-likeness (QED) is 0.883. The molecule has 0 spiro atoms. The van der Waals surface area contributed by atoms with Crippen LogP contribution in [0.3, 0.4) is 0 Å². The molecule has 1 N–H and O–H groups in total. The highest BCUT2D eigenvalue weighted by Crippen LogP contribution is 2.22. The molecule has 1 unspecified atom stereocenters. The molecule has 0 saturated carbocycles. The monoisotopic (exact) mass is 349 g/mol. The topological polar surface area (TPSA) is 74.7 Å². The Kier molecular flexibility index (Phi) is 5.11. The number of halogens is 1. The second kappa shape index (κ2) is 6.02. The first-order chi connectivity index (χ1) is 8.64. The number of aryl methyl sites for hydroxylation is 1. The third kappa shape index (κ3) is 4.02. The van der Waals surface area contributed by atoms with Gasteiger partial charge in [0.25, 0.3) is 0 Å². The van der Waals surface area contributed by atoms with Crippen LogP contribution in [0.4, 0.5) is 0 Å². The van der Waals surface area contributed by atoms with E-state index in [0.717, 1.165) is 9.87 Å². The van der Waals surface area contributed by atoms with Gasteiger partial charge in [0.2, 0.25) is 10.0 Å². The molecule has 0 heterocycles. The number of carbonyl (C=O) groups is 1. The van der Waals surface area contributed by atoms with Gasteiger partial charge in [-0.05, 0) is 30.7 Å². The first-order valence-electron chi connectivity index (χ1n) is 5.61. The molecular formula is C12H16BrNO4S. The molecule has 0 saturated heterocycles. The van der Waals surface area contributed by atoms with Crippen LogP contribution in [0.2, 0.25) is 0 Å². The van der Waals surface area contributed by atoms with E-state index in [2.05, 4.69) is 15.9 Å². The number of benzene rings is 1. The maximum atomic E-state index is 12.3. The van der Waals surface area contributed by atoms with Crippen LogP contribution >= 0.6 is 15.9 Å². The number of rotatable bonds is 5. The van der Waals surface area contributed by atoms with E-state index in [4.69, 9.17) is 5.11 Å². The average Bonchev–Trinajstić information content (AvgIpc) is 2.27. The molecule has 0 aromatic heterocycles. The van der Waals surface area contributed by atoms with Gasteiger partial charge in [-0.15, -0.1) is 0 Å². The van der Waals surface area contributed by atoms with Crippen molar-refractivity contribution in [1.82, 2.24) is 4.31 Å². The van der Waals surface area contributed by atoms with Gasteiger partial charge in [0.15, 0.2) is 0 Å². The fourth-order valence-corrected chi connectivity index (χ4v) is 3.74. The average molecular weight is 350 g/mol. The van der Waals surface area contributed by atoms with Crippen molar-refractivity contribution in [1.29, 1.82) is 0 Å². The van der Waals surface area contributed by atoms with Crippen LogP contribution in [0.1, 0.15) is 12.5 Å². The fourth-order valence-electron chi connectivity index (χ4n) is 1.59. The highest BCUT2D eigenvalue weighted by molar-refractivity contribution is 9.10. The Balaban J connectivity index is 3.06. The molecule has 0 amide bonds. The van der Waals surface area contributed by atoms with E-state index in [0.29, 0.717) is 4.47 Å². The molecule has 19 heavy (non-hydrogen) atoms. The predicted molar refractivity (Wildman–Crippen MR) is 75.5 cm³/mol. The smallest absolute Gasteiger partial charge is 0.307 e. The van der Waals surface area contributed by atoms with Crippen molar-refractivity contribution in [2.75, 3.05) is 13.6 Å². The Morgan fingerprint density at radius 2 is 2.00 bits per heavy atom. The molecule has 0 aliphatic carbocycles. The van der Waals surface area contributed by atoms with E-state index < -0.39 is 21.9 Å². The van der Waals surface area contributed by atoms with E-state index >= 15 is 0 Å². The summed E-state index contributed by atoms with van der Waals surface area (Å²) in [4.78, 5) is 10.9. The summed E-state index contributed by atoms with van der Waals surface area (Å²) in [5, 5.41) is 8.83. The molecule has 0 aliphatic heterocycles. The maximum Gasteiger partial charge on any atom is 0.307 e. The number of nitrogens with zero attached hydrogens (tertiary/aromatic N) is 1. The minimum absolute atomic E-state index is 0.0662. The summed E-state index contributed by atoms with van der Waals surface area (Å²) in [6.45, 7) is 3.20. The third-order valence-corrected chi connectivity index (χ3v) is 4.94. The van der Waals surface area contributed by atoms with Gasteiger partial charge in [0.05, 0.1) is 10.8 Å². The lowest BCUT2D eigenvalue weighted by atomic mass is 10.2. The molecule has 0 bridgehead atoms. The normalized spacial score (nSPS) is 13.5. The summed E-state index contributed by atoms with van der Waals surface area (Å²) in [5.41, 5.74) is 0.813. The summed E-state index contributed by atoms with van der Waals surface area (Å²) < 4.78 is 26.3. The lowest BCUT2D eigenvalue weighted by Crippen LogP contribution is -2.33. The Morgan fingerprint density at radius 3 is 2.47 bits per heavy atom. The second-order valence-corrected chi connectivity index (χ2v) is 7.45. The van der Waals surface area contributed by atoms with Crippen LogP contribution in [-0.4, -0.2) is 37.4 Å². The number of sulfonamides is 1. The van der Waals surface area contributed by atoms with E-state index in [1.54, 1.807) is 19.1 Å². The summed E-state index contributed by atoms with van der Waals surface area (Å²) in [7, 11) is -2.29. The minimum atomic E-state index is -3.67. The fraction of sp³-hybridized carbons (Fsp3) is 0.417. The molecule has 0 radical (unpaired) electrons. The molecule has 1 atom stereocenters. The Morgan fingerprint density at radius 1 is 1.42 bits per heavy atom. The van der Waals surface area contributed by atoms with Crippen LogP contribution in [0, 0.1) is 12.8 Å². The van der Waals surface area contributed by atoms with Crippen LogP contribution in [-0.2, 0) is 14.8 Å². The van der Waals surface area contributed by atoms with Crippen LogP contribution in [0.15, 0.2) is 27.6 Å². The van der Waals surface area contributed by atoms with Crippen molar-refractivity contribution in [2.45, 2.75) is 18.7 Å². The summed E-state index contributed by atoms with van der Waals surface area (Å²) in [6.07, 6.45) is 0. The van der Waals surface area contributed by atoms with Crippen molar-refractivity contribution in [2.24, 2.45) is 5.92 Å². The minimum Gasteiger partial charge on any atom is -0.481 e. The summed E-state index contributed by atoms with van der Waals surface area (Å²) in [6, 6.07) is 4.87. The van der Waals surface area contributed by atoms with Gasteiger partial charge in [-0.1, -0.05) is 22.9 Å². The SMILES string of the molecule is Cc1cc(Br)cc(S(=O)(=O)N(C)CC(C)C(=O)O)c1. The lowest BCUT2D eigenvalue weighted by Gasteiger charge is -2.19. The van der Waals surface area contributed by atoms with Crippen molar-refractivity contribution < 1.29 is 18.3 Å². The molecule has 1 aromatic carbocycles. The maximum absolute atomic E-state index is 12.3. The molecule has 1 rings (SSSR count). The van der Waals surface area contributed by atoms with Crippen molar-refractivity contribution in [3.63, 3.8) is 0 Å². The Bertz CT molecular complexity index is 565. The van der Waals surface area contributed by atoms with Gasteiger partial charge in [-0.25, -0.2) is 12.7 Å². The van der Waals surface area contributed by atoms with Gasteiger partial charge < -0.3 is 5.11 Å². The van der Waals surface area contributed by atoms with E-state index in [1.165, 1.54) is 20.0 Å². The van der Waals surface area contributed by atoms with Gasteiger partial charge in [-0.3, -0.25) is 4.79 Å². The van der Waals surface area contributed by atoms with Gasteiger partial charge in [0.1, 0.15) is 0 Å². The molecule has 5 nitrogen and oxygen atoms in total. The number of carboxylic acids is 1. The number of hydrogen-bond acceptors (Lipinski definition) is 3. The molecule has 1 aromatic rings. The first-order valence-corrected chi connectivity index (χ1v) is 7.84. The van der Waals surface area contributed by atoms with Crippen molar-refractivity contribution in [3.8, 4) is 0 Å². The van der Waals surface area contributed by atoms with E-state index in [-0.39, 0.29) is 11.4 Å². The first kappa shape index (κ1) is 16.1. The number of aliphatic carboxylic acids is 1. The Labute approximate surface area is 121 Å². The third-order valence-electron chi connectivity index (χ3n) is 2.68. The van der Waals surface area contributed by atoms with Gasteiger partial charge in [-0.2, -0.15) is 0 Å². The van der Waals surface area contributed by atoms with Crippen LogP contribution in [0.5, 0.6) is 0 Å². The van der Waals surface area contributed by atoms with E-state index in [9.17, 15) is 13.2 Å². The standard InChI is InChI=1S/C12H16BrNO4S/c1-8-4-10(13)6-11(5-8)19(17,18)14(3)7-9(2)12(15)16/h4-6,9H,7H2,1-3H3,(H,15,16). The summed E-state index contributed by atoms with van der Waals surface area (Å²) >= 11 is 3.25. The zero-order valence-electron chi connectivity index (χ0n) is 10.9. The highest BCUT2D eigenvalue weighted by Gasteiger charge is 2.25. The van der Waals surface area contributed by atoms with E-state index in [1.807, 2.05) is 0 Å². The van der Waals surface area contributed by atoms with Crippen molar-refractivity contribution >= 4 is 31.9 Å². The van der Waals surface area contributed by atoms with Gasteiger partial charge in [0, 0.05) is 18.1 Å². The predicted octanol–water partition coefficient (Wildman–Crippen LogP) is 2.10. The van der Waals surface area contributed by atoms with Crippen molar-refractivity contribution in [3.05, 3.63) is 28.2 Å². The molecular weight excluding hydrogens is 334 g/mol. The highest BCUT2D eigenvalue weighted by atomic mass is 79.9. The molecule has 7 heteroatoms. The molecule has 106 valence electrons. The van der Waals surface area contributed by atoms with Gasteiger partial charge >= 0.3 is 5.97 Å². The summed E-state index contributed by atoms with van der Waals surface area (Å²) in [5.74, 6) is -1.78. The van der Waals surface area contributed by atoms with Crippen LogP contribution < -0.4 is 0 Å². The Hall–Kier alpha value is -0.920.